The van der Waals surface area contributed by atoms with Crippen LogP contribution in [0.25, 0.3) is 10.1 Å². The minimum atomic E-state index is -0.103. The first-order valence-electron chi connectivity index (χ1n) is 7.24. The highest BCUT2D eigenvalue weighted by Gasteiger charge is 2.09. The molecule has 6 heteroatoms. The number of benzene rings is 2. The van der Waals surface area contributed by atoms with E-state index in [4.69, 9.17) is 11.6 Å². The van der Waals surface area contributed by atoms with Gasteiger partial charge in [-0.3, -0.25) is 13.5 Å². The van der Waals surface area contributed by atoms with Crippen LogP contribution in [-0.2, 0) is 17.9 Å². The van der Waals surface area contributed by atoms with E-state index in [-0.39, 0.29) is 17.9 Å². The monoisotopic (exact) mass is 346 g/mol. The normalized spacial score (nSPS) is 10.8. The van der Waals surface area contributed by atoms with Crippen LogP contribution in [0.15, 0.2) is 53.3 Å². The molecule has 0 bridgehead atoms. The van der Waals surface area contributed by atoms with E-state index in [9.17, 15) is 9.59 Å². The van der Waals surface area contributed by atoms with Crippen molar-refractivity contribution in [3.05, 3.63) is 69.5 Å². The number of nitrogens with zero attached hydrogens (tertiary/aromatic N) is 1. The number of hydrogen-bond acceptors (Lipinski definition) is 3. The van der Waals surface area contributed by atoms with E-state index in [0.717, 1.165) is 10.3 Å². The fourth-order valence-electron chi connectivity index (χ4n) is 2.29. The molecule has 0 unspecified atom stereocenters. The van der Waals surface area contributed by atoms with Crippen LogP contribution in [-0.4, -0.2) is 9.86 Å². The summed E-state index contributed by atoms with van der Waals surface area (Å²) in [5.74, 6) is -0.103. The molecule has 1 heterocycles. The molecule has 1 aromatic heterocycles. The van der Waals surface area contributed by atoms with Crippen LogP contribution in [0, 0.1) is 0 Å². The molecule has 118 valence electrons. The largest absolute Gasteiger partial charge is 0.352 e. The van der Waals surface area contributed by atoms with Gasteiger partial charge in [0.2, 0.25) is 5.91 Å². The van der Waals surface area contributed by atoms with Crippen molar-refractivity contribution in [3.8, 4) is 0 Å². The lowest BCUT2D eigenvalue weighted by Crippen LogP contribution is -2.25. The standard InChI is InChI=1S/C17H15ClN2O2S/c18-14-7-3-1-5-12(14)11-19-16(21)9-10-20-17(22)13-6-2-4-8-15(13)23-20/h1-8H,9-11H2,(H,19,21). The number of carbonyl (C=O) groups is 1. The molecule has 2 aromatic carbocycles. The number of hydrogen-bond donors (Lipinski definition) is 1. The smallest absolute Gasteiger partial charge is 0.268 e. The SMILES string of the molecule is O=C(CCn1sc2ccccc2c1=O)NCc1ccccc1Cl. The molecule has 0 spiro atoms. The lowest BCUT2D eigenvalue weighted by molar-refractivity contribution is -0.121. The number of halogens is 1. The third-order valence-corrected chi connectivity index (χ3v) is 5.02. The van der Waals surface area contributed by atoms with E-state index in [1.807, 2.05) is 42.5 Å². The van der Waals surface area contributed by atoms with Crippen molar-refractivity contribution in [2.75, 3.05) is 0 Å². The van der Waals surface area contributed by atoms with Crippen molar-refractivity contribution >= 4 is 39.1 Å². The van der Waals surface area contributed by atoms with E-state index in [1.54, 1.807) is 10.0 Å². The Bertz CT molecular complexity index is 901. The fraction of sp³-hybridized carbons (Fsp3) is 0.176. The minimum Gasteiger partial charge on any atom is -0.352 e. The molecule has 23 heavy (non-hydrogen) atoms. The van der Waals surface area contributed by atoms with Gasteiger partial charge in [-0.2, -0.15) is 0 Å². The molecule has 0 aliphatic rings. The maximum atomic E-state index is 12.2. The Hall–Kier alpha value is -2.11. The molecule has 3 rings (SSSR count). The van der Waals surface area contributed by atoms with Crippen molar-refractivity contribution in [2.24, 2.45) is 0 Å². The Labute approximate surface area is 142 Å². The van der Waals surface area contributed by atoms with Gasteiger partial charge >= 0.3 is 0 Å². The highest BCUT2D eigenvalue weighted by Crippen LogP contribution is 2.16. The third kappa shape index (κ3) is 3.63. The van der Waals surface area contributed by atoms with Crippen LogP contribution in [0.5, 0.6) is 0 Å². The highest BCUT2D eigenvalue weighted by molar-refractivity contribution is 7.13. The van der Waals surface area contributed by atoms with Gasteiger partial charge in [0.1, 0.15) is 0 Å². The second kappa shape index (κ2) is 6.98. The van der Waals surface area contributed by atoms with Gasteiger partial charge in [0.25, 0.3) is 5.56 Å². The van der Waals surface area contributed by atoms with Crippen LogP contribution in [0.1, 0.15) is 12.0 Å². The lowest BCUT2D eigenvalue weighted by Gasteiger charge is -2.06. The molecule has 3 aromatic rings. The molecule has 0 saturated carbocycles. The minimum absolute atomic E-state index is 0.0375. The van der Waals surface area contributed by atoms with Crippen LogP contribution >= 0.6 is 23.1 Å². The van der Waals surface area contributed by atoms with Gasteiger partial charge < -0.3 is 5.32 Å². The summed E-state index contributed by atoms with van der Waals surface area (Å²) in [5.41, 5.74) is 0.839. The van der Waals surface area contributed by atoms with Crippen LogP contribution in [0.2, 0.25) is 5.02 Å². The Kier molecular flexibility index (Phi) is 4.79. The van der Waals surface area contributed by atoms with Crippen molar-refractivity contribution in [2.45, 2.75) is 19.5 Å². The molecule has 0 radical (unpaired) electrons. The molecule has 0 atom stereocenters. The van der Waals surface area contributed by atoms with Gasteiger partial charge in [-0.05, 0) is 23.8 Å². The number of aryl methyl sites for hydroxylation is 1. The number of carbonyl (C=O) groups excluding carboxylic acids is 1. The van der Waals surface area contributed by atoms with Gasteiger partial charge in [-0.15, -0.1) is 0 Å². The Morgan fingerprint density at radius 2 is 1.87 bits per heavy atom. The van der Waals surface area contributed by atoms with Gasteiger partial charge in [-0.1, -0.05) is 53.5 Å². The zero-order valence-corrected chi connectivity index (χ0v) is 13.9. The van der Waals surface area contributed by atoms with Gasteiger partial charge in [0.15, 0.2) is 0 Å². The summed E-state index contributed by atoms with van der Waals surface area (Å²) in [6.07, 6.45) is 0.261. The lowest BCUT2D eigenvalue weighted by atomic mass is 10.2. The number of fused-ring (bicyclic) bond motifs is 1. The second-order valence-electron chi connectivity index (χ2n) is 5.11. The molecule has 0 aliphatic heterocycles. The Balaban J connectivity index is 1.59. The van der Waals surface area contributed by atoms with Crippen LogP contribution in [0.3, 0.4) is 0 Å². The fourth-order valence-corrected chi connectivity index (χ4v) is 3.49. The number of nitrogens with one attached hydrogen (secondary N) is 1. The zero-order chi connectivity index (χ0) is 16.2. The van der Waals surface area contributed by atoms with Crippen molar-refractivity contribution in [1.29, 1.82) is 0 Å². The number of aromatic nitrogens is 1. The molecule has 1 N–H and O–H groups in total. The summed E-state index contributed by atoms with van der Waals surface area (Å²) in [5, 5.41) is 4.16. The summed E-state index contributed by atoms with van der Waals surface area (Å²) in [4.78, 5) is 24.2. The molecule has 4 nitrogen and oxygen atoms in total. The first-order chi connectivity index (χ1) is 11.1. The summed E-state index contributed by atoms with van der Waals surface area (Å²) in [6, 6.07) is 14.9. The molecule has 0 aliphatic carbocycles. The van der Waals surface area contributed by atoms with E-state index in [2.05, 4.69) is 5.32 Å². The van der Waals surface area contributed by atoms with Crippen molar-refractivity contribution in [1.82, 2.24) is 9.27 Å². The number of amides is 1. The summed E-state index contributed by atoms with van der Waals surface area (Å²) >= 11 is 7.44. The maximum Gasteiger partial charge on any atom is 0.268 e. The third-order valence-electron chi connectivity index (χ3n) is 3.53. The molecule has 1 amide bonds. The molecular weight excluding hydrogens is 332 g/mol. The van der Waals surface area contributed by atoms with E-state index in [1.165, 1.54) is 11.5 Å². The molecule has 0 saturated heterocycles. The Morgan fingerprint density at radius 1 is 1.13 bits per heavy atom. The van der Waals surface area contributed by atoms with E-state index < -0.39 is 0 Å². The summed E-state index contributed by atoms with van der Waals surface area (Å²) in [6.45, 7) is 0.770. The van der Waals surface area contributed by atoms with E-state index >= 15 is 0 Å². The first kappa shape index (κ1) is 15.8. The average molecular weight is 347 g/mol. The second-order valence-corrected chi connectivity index (χ2v) is 6.58. The van der Waals surface area contributed by atoms with Crippen molar-refractivity contribution < 1.29 is 4.79 Å². The topological polar surface area (TPSA) is 51.1 Å². The average Bonchev–Trinajstić information content (AvgIpc) is 2.89. The maximum absolute atomic E-state index is 12.2. The first-order valence-corrected chi connectivity index (χ1v) is 8.39. The zero-order valence-electron chi connectivity index (χ0n) is 12.3. The quantitative estimate of drug-likeness (QED) is 0.769. The number of rotatable bonds is 5. The van der Waals surface area contributed by atoms with Gasteiger partial charge in [0, 0.05) is 24.5 Å². The molecular formula is C17H15ClN2O2S. The predicted molar refractivity (Wildman–Crippen MR) is 94.0 cm³/mol. The van der Waals surface area contributed by atoms with Gasteiger partial charge in [0.05, 0.1) is 10.1 Å². The molecule has 0 fully saturated rings. The van der Waals surface area contributed by atoms with Gasteiger partial charge in [-0.25, -0.2) is 0 Å². The summed E-state index contributed by atoms with van der Waals surface area (Å²) < 4.78 is 2.56. The van der Waals surface area contributed by atoms with E-state index in [0.29, 0.717) is 23.5 Å². The Morgan fingerprint density at radius 3 is 2.65 bits per heavy atom. The van der Waals surface area contributed by atoms with Crippen molar-refractivity contribution in [3.63, 3.8) is 0 Å². The van der Waals surface area contributed by atoms with Crippen LogP contribution < -0.4 is 10.9 Å². The highest BCUT2D eigenvalue weighted by atomic mass is 35.5. The predicted octanol–water partition coefficient (Wildman–Crippen LogP) is 3.42. The summed E-state index contributed by atoms with van der Waals surface area (Å²) in [7, 11) is 0. The van der Waals surface area contributed by atoms with Crippen LogP contribution in [0.4, 0.5) is 0 Å².